The number of likely N-dealkylation sites (tertiary alicyclic amines) is 1. The standard InChI is InChI=1S/C14H21NO/c1-2-14(15-11-7-4-8-12-15)16-13-9-5-3-6-10-13/h3,5-6,9-10,14H,2,4,7-8,11-12H2,1H3. The number of benzene rings is 1. The molecule has 1 aromatic rings. The first-order valence-corrected chi connectivity index (χ1v) is 6.36. The van der Waals surface area contributed by atoms with Crippen molar-refractivity contribution in [1.29, 1.82) is 0 Å². The van der Waals surface area contributed by atoms with Gasteiger partial charge in [-0.25, -0.2) is 0 Å². The minimum absolute atomic E-state index is 0.252. The summed E-state index contributed by atoms with van der Waals surface area (Å²) in [6.45, 7) is 4.57. The number of hydrogen-bond acceptors (Lipinski definition) is 2. The molecule has 2 rings (SSSR count). The molecule has 0 bridgehead atoms. The molecule has 0 N–H and O–H groups in total. The Morgan fingerprint density at radius 1 is 1.12 bits per heavy atom. The van der Waals surface area contributed by atoms with Crippen molar-refractivity contribution in [3.8, 4) is 5.75 Å². The van der Waals surface area contributed by atoms with Gasteiger partial charge in [0.25, 0.3) is 0 Å². The van der Waals surface area contributed by atoms with Gasteiger partial charge in [0, 0.05) is 13.1 Å². The van der Waals surface area contributed by atoms with Gasteiger partial charge in [-0.2, -0.15) is 0 Å². The smallest absolute Gasteiger partial charge is 0.152 e. The van der Waals surface area contributed by atoms with Crippen LogP contribution in [0.15, 0.2) is 30.3 Å². The van der Waals surface area contributed by atoms with Crippen molar-refractivity contribution in [2.45, 2.75) is 38.8 Å². The van der Waals surface area contributed by atoms with E-state index in [9.17, 15) is 0 Å². The van der Waals surface area contributed by atoms with Gasteiger partial charge in [0.05, 0.1) is 0 Å². The van der Waals surface area contributed by atoms with E-state index >= 15 is 0 Å². The van der Waals surface area contributed by atoms with Crippen LogP contribution in [0.4, 0.5) is 0 Å². The SMILES string of the molecule is CCC(Oc1ccccc1)N1CCCCC1. The summed E-state index contributed by atoms with van der Waals surface area (Å²) < 4.78 is 6.03. The lowest BCUT2D eigenvalue weighted by Gasteiger charge is -2.33. The molecule has 1 unspecified atom stereocenters. The summed E-state index contributed by atoms with van der Waals surface area (Å²) in [4.78, 5) is 2.47. The number of para-hydroxylation sites is 1. The lowest BCUT2D eigenvalue weighted by atomic mass is 10.1. The minimum Gasteiger partial charge on any atom is -0.475 e. The third kappa shape index (κ3) is 2.99. The van der Waals surface area contributed by atoms with E-state index < -0.39 is 0 Å². The lowest BCUT2D eigenvalue weighted by Crippen LogP contribution is -2.42. The topological polar surface area (TPSA) is 12.5 Å². The summed E-state index contributed by atoms with van der Waals surface area (Å²) in [6.07, 6.45) is 5.30. The predicted molar refractivity (Wildman–Crippen MR) is 66.6 cm³/mol. The van der Waals surface area contributed by atoms with Crippen molar-refractivity contribution in [2.75, 3.05) is 13.1 Å². The van der Waals surface area contributed by atoms with Crippen LogP contribution in [0, 0.1) is 0 Å². The average molecular weight is 219 g/mol. The Morgan fingerprint density at radius 3 is 2.44 bits per heavy atom. The quantitative estimate of drug-likeness (QED) is 0.770. The molecule has 1 fully saturated rings. The van der Waals surface area contributed by atoms with E-state index in [4.69, 9.17) is 4.74 Å². The maximum absolute atomic E-state index is 6.03. The average Bonchev–Trinajstić information content (AvgIpc) is 2.38. The molecule has 1 aliphatic heterocycles. The zero-order valence-corrected chi connectivity index (χ0v) is 10.1. The van der Waals surface area contributed by atoms with Crippen LogP contribution in [0.5, 0.6) is 5.75 Å². The predicted octanol–water partition coefficient (Wildman–Crippen LogP) is 3.29. The van der Waals surface area contributed by atoms with E-state index in [1.165, 1.54) is 32.4 Å². The molecule has 88 valence electrons. The molecule has 1 atom stereocenters. The maximum atomic E-state index is 6.03. The van der Waals surface area contributed by atoms with Crippen LogP contribution in [-0.2, 0) is 0 Å². The van der Waals surface area contributed by atoms with Gasteiger partial charge in [0.1, 0.15) is 5.75 Å². The first-order valence-electron chi connectivity index (χ1n) is 6.36. The second-order valence-electron chi connectivity index (χ2n) is 4.39. The molecule has 0 spiro atoms. The molecule has 2 nitrogen and oxygen atoms in total. The third-order valence-corrected chi connectivity index (χ3v) is 3.16. The van der Waals surface area contributed by atoms with Gasteiger partial charge in [-0.05, 0) is 31.4 Å². The summed E-state index contributed by atoms with van der Waals surface area (Å²) in [5, 5.41) is 0. The van der Waals surface area contributed by atoms with Gasteiger partial charge < -0.3 is 4.74 Å². The van der Waals surface area contributed by atoms with Crippen LogP contribution in [-0.4, -0.2) is 24.2 Å². The summed E-state index contributed by atoms with van der Waals surface area (Å²) in [5.74, 6) is 0.986. The van der Waals surface area contributed by atoms with Crippen molar-refractivity contribution < 1.29 is 4.74 Å². The molecule has 0 amide bonds. The molecule has 16 heavy (non-hydrogen) atoms. The van der Waals surface area contributed by atoms with Crippen LogP contribution in [0.1, 0.15) is 32.6 Å². The van der Waals surface area contributed by atoms with E-state index in [0.717, 1.165) is 12.2 Å². The summed E-state index contributed by atoms with van der Waals surface area (Å²) in [6, 6.07) is 10.1. The monoisotopic (exact) mass is 219 g/mol. The van der Waals surface area contributed by atoms with Crippen LogP contribution >= 0.6 is 0 Å². The number of nitrogens with zero attached hydrogens (tertiary/aromatic N) is 1. The largest absolute Gasteiger partial charge is 0.475 e. The van der Waals surface area contributed by atoms with Crippen LogP contribution in [0.2, 0.25) is 0 Å². The highest BCUT2D eigenvalue weighted by atomic mass is 16.5. The first kappa shape index (κ1) is 11.5. The zero-order valence-electron chi connectivity index (χ0n) is 10.1. The Kier molecular flexibility index (Phi) is 4.23. The second kappa shape index (κ2) is 5.90. The third-order valence-electron chi connectivity index (χ3n) is 3.16. The van der Waals surface area contributed by atoms with Crippen LogP contribution < -0.4 is 4.74 Å². The summed E-state index contributed by atoms with van der Waals surface area (Å²) >= 11 is 0. The van der Waals surface area contributed by atoms with Crippen molar-refractivity contribution in [2.24, 2.45) is 0 Å². The fraction of sp³-hybridized carbons (Fsp3) is 0.571. The van der Waals surface area contributed by atoms with Gasteiger partial charge in [-0.3, -0.25) is 4.90 Å². The van der Waals surface area contributed by atoms with E-state index in [-0.39, 0.29) is 6.23 Å². The maximum Gasteiger partial charge on any atom is 0.152 e. The van der Waals surface area contributed by atoms with Crippen molar-refractivity contribution in [1.82, 2.24) is 4.90 Å². The Balaban J connectivity index is 1.94. The molecule has 2 heteroatoms. The molecular weight excluding hydrogens is 198 g/mol. The molecule has 1 aliphatic rings. The highest BCUT2D eigenvalue weighted by molar-refractivity contribution is 5.21. The normalized spacial score (nSPS) is 19.3. The molecule has 0 saturated carbocycles. The van der Waals surface area contributed by atoms with E-state index in [2.05, 4.69) is 11.8 Å². The van der Waals surface area contributed by atoms with E-state index in [1.54, 1.807) is 0 Å². The Bertz CT molecular complexity index is 293. The number of hydrogen-bond donors (Lipinski definition) is 0. The Hall–Kier alpha value is -1.02. The van der Waals surface area contributed by atoms with E-state index in [0.29, 0.717) is 0 Å². The highest BCUT2D eigenvalue weighted by Gasteiger charge is 2.20. The molecule has 1 aromatic carbocycles. The van der Waals surface area contributed by atoms with E-state index in [1.807, 2.05) is 30.3 Å². The van der Waals surface area contributed by atoms with Gasteiger partial charge >= 0.3 is 0 Å². The fourth-order valence-electron chi connectivity index (χ4n) is 2.28. The van der Waals surface area contributed by atoms with Crippen molar-refractivity contribution >= 4 is 0 Å². The summed E-state index contributed by atoms with van der Waals surface area (Å²) in [5.41, 5.74) is 0. The van der Waals surface area contributed by atoms with Gasteiger partial charge in [0.15, 0.2) is 6.23 Å². The summed E-state index contributed by atoms with van der Waals surface area (Å²) in [7, 11) is 0. The zero-order chi connectivity index (χ0) is 11.2. The lowest BCUT2D eigenvalue weighted by molar-refractivity contribution is 0.00983. The molecule has 1 heterocycles. The molecule has 0 radical (unpaired) electrons. The van der Waals surface area contributed by atoms with Gasteiger partial charge in [-0.15, -0.1) is 0 Å². The Labute approximate surface area is 98.2 Å². The van der Waals surface area contributed by atoms with Gasteiger partial charge in [-0.1, -0.05) is 31.5 Å². The van der Waals surface area contributed by atoms with Crippen LogP contribution in [0.3, 0.4) is 0 Å². The minimum atomic E-state index is 0.252. The fourth-order valence-corrected chi connectivity index (χ4v) is 2.28. The number of rotatable bonds is 4. The number of ether oxygens (including phenoxy) is 1. The molecule has 0 aromatic heterocycles. The Morgan fingerprint density at radius 2 is 1.81 bits per heavy atom. The number of piperidine rings is 1. The molecule has 1 saturated heterocycles. The molecule has 0 aliphatic carbocycles. The van der Waals surface area contributed by atoms with Crippen molar-refractivity contribution in [3.63, 3.8) is 0 Å². The van der Waals surface area contributed by atoms with Crippen LogP contribution in [0.25, 0.3) is 0 Å². The highest BCUT2D eigenvalue weighted by Crippen LogP contribution is 2.18. The van der Waals surface area contributed by atoms with Gasteiger partial charge in [0.2, 0.25) is 0 Å². The second-order valence-corrected chi connectivity index (χ2v) is 4.39. The first-order chi connectivity index (χ1) is 7.90. The molecular formula is C14H21NO. The van der Waals surface area contributed by atoms with Crippen molar-refractivity contribution in [3.05, 3.63) is 30.3 Å².